The van der Waals surface area contributed by atoms with Gasteiger partial charge in [-0.25, -0.2) is 0 Å². The molecule has 3 heteroatoms. The number of furan rings is 1. The summed E-state index contributed by atoms with van der Waals surface area (Å²) in [6, 6.07) is 10.5. The maximum Gasteiger partial charge on any atom is 0.193 e. The number of hydrogen-bond acceptors (Lipinski definition) is 2. The summed E-state index contributed by atoms with van der Waals surface area (Å²) in [5, 5.41) is 3.94. The minimum atomic E-state index is 0.0638. The van der Waals surface area contributed by atoms with Crippen molar-refractivity contribution in [3.8, 4) is 0 Å². The number of rotatable bonds is 6. The van der Waals surface area contributed by atoms with E-state index >= 15 is 0 Å². The number of halogens is 1. The Balaban J connectivity index is 2.47. The molecule has 0 aliphatic rings. The second-order valence-corrected chi connectivity index (χ2v) is 5.25. The Morgan fingerprint density at radius 1 is 1.10 bits per heavy atom. The van der Waals surface area contributed by atoms with Crippen LogP contribution < -0.4 is 5.32 Å². The summed E-state index contributed by atoms with van der Waals surface area (Å²) in [5.74, 6) is 0.875. The first kappa shape index (κ1) is 15.1. The van der Waals surface area contributed by atoms with E-state index in [1.165, 1.54) is 16.7 Å². The van der Waals surface area contributed by atoms with E-state index < -0.39 is 0 Å². The number of aryl methyl sites for hydroxylation is 2. The quantitative estimate of drug-likeness (QED) is 0.830. The molecular formula is C17H22ClNO. The zero-order valence-corrected chi connectivity index (χ0v) is 13.1. The van der Waals surface area contributed by atoms with Crippen LogP contribution in [0.4, 0.5) is 0 Å². The van der Waals surface area contributed by atoms with E-state index in [4.69, 9.17) is 16.0 Å². The van der Waals surface area contributed by atoms with Gasteiger partial charge in [0.15, 0.2) is 5.22 Å². The smallest absolute Gasteiger partial charge is 0.193 e. The lowest BCUT2D eigenvalue weighted by Gasteiger charge is -2.20. The van der Waals surface area contributed by atoms with E-state index in [2.05, 4.69) is 44.3 Å². The highest BCUT2D eigenvalue weighted by atomic mass is 35.5. The summed E-state index contributed by atoms with van der Waals surface area (Å²) in [6.07, 6.45) is 2.05. The van der Waals surface area contributed by atoms with Crippen LogP contribution in [-0.4, -0.2) is 6.54 Å². The van der Waals surface area contributed by atoms with Crippen LogP contribution in [0.2, 0.25) is 5.22 Å². The molecule has 108 valence electrons. The van der Waals surface area contributed by atoms with Gasteiger partial charge < -0.3 is 9.73 Å². The van der Waals surface area contributed by atoms with Gasteiger partial charge >= 0.3 is 0 Å². The monoisotopic (exact) mass is 291 g/mol. The standard InChI is InChI=1S/C17H22ClNO/c1-4-12-7-8-13(5-2)14(11-12)17(19-6-3)15-9-10-16(18)20-15/h7-11,17,19H,4-6H2,1-3H3. The van der Waals surface area contributed by atoms with Crippen LogP contribution >= 0.6 is 11.6 Å². The molecule has 1 atom stereocenters. The zero-order chi connectivity index (χ0) is 14.5. The van der Waals surface area contributed by atoms with E-state index in [0.29, 0.717) is 5.22 Å². The van der Waals surface area contributed by atoms with Gasteiger partial charge in [0.25, 0.3) is 0 Å². The fraction of sp³-hybridized carbons (Fsp3) is 0.412. The molecule has 20 heavy (non-hydrogen) atoms. The molecule has 2 rings (SSSR count). The highest BCUT2D eigenvalue weighted by Gasteiger charge is 2.19. The molecular weight excluding hydrogens is 270 g/mol. The van der Waals surface area contributed by atoms with Crippen molar-refractivity contribution in [1.82, 2.24) is 5.32 Å². The molecule has 0 saturated carbocycles. The summed E-state index contributed by atoms with van der Waals surface area (Å²) in [4.78, 5) is 0. The Labute approximate surface area is 126 Å². The Bertz CT molecular complexity index is 562. The average Bonchev–Trinajstić information content (AvgIpc) is 2.90. The van der Waals surface area contributed by atoms with Gasteiger partial charge in [-0.05, 0) is 59.8 Å². The van der Waals surface area contributed by atoms with Gasteiger partial charge in [-0.1, -0.05) is 39.0 Å². The van der Waals surface area contributed by atoms with Gasteiger partial charge in [0.1, 0.15) is 5.76 Å². The highest BCUT2D eigenvalue weighted by molar-refractivity contribution is 6.28. The molecule has 0 bridgehead atoms. The molecule has 0 fully saturated rings. The van der Waals surface area contributed by atoms with Crippen molar-refractivity contribution >= 4 is 11.6 Å². The first-order valence-corrected chi connectivity index (χ1v) is 7.67. The molecule has 1 aromatic carbocycles. The predicted molar refractivity (Wildman–Crippen MR) is 84.4 cm³/mol. The van der Waals surface area contributed by atoms with Crippen LogP contribution in [0, 0.1) is 0 Å². The molecule has 0 aliphatic heterocycles. The molecule has 0 aliphatic carbocycles. The van der Waals surface area contributed by atoms with E-state index in [0.717, 1.165) is 25.1 Å². The summed E-state index contributed by atoms with van der Waals surface area (Å²) in [5.41, 5.74) is 3.98. The molecule has 0 radical (unpaired) electrons. The molecule has 2 aromatic rings. The predicted octanol–water partition coefficient (Wildman–Crippen LogP) is 4.76. The van der Waals surface area contributed by atoms with Crippen LogP contribution in [0.15, 0.2) is 34.7 Å². The van der Waals surface area contributed by atoms with Crippen molar-refractivity contribution in [2.45, 2.75) is 39.7 Å². The summed E-state index contributed by atoms with van der Waals surface area (Å²) in [7, 11) is 0. The molecule has 0 saturated heterocycles. The second-order valence-electron chi connectivity index (χ2n) is 4.87. The molecule has 0 spiro atoms. The lowest BCUT2D eigenvalue weighted by molar-refractivity contribution is 0.452. The van der Waals surface area contributed by atoms with Gasteiger partial charge in [-0.15, -0.1) is 0 Å². The molecule has 2 nitrogen and oxygen atoms in total. The van der Waals surface area contributed by atoms with E-state index in [1.54, 1.807) is 6.07 Å². The number of benzene rings is 1. The summed E-state index contributed by atoms with van der Waals surface area (Å²) < 4.78 is 5.63. The third kappa shape index (κ3) is 3.25. The van der Waals surface area contributed by atoms with E-state index in [9.17, 15) is 0 Å². The second kappa shape index (κ2) is 6.96. The van der Waals surface area contributed by atoms with Crippen molar-refractivity contribution in [1.29, 1.82) is 0 Å². The number of hydrogen-bond donors (Lipinski definition) is 1. The van der Waals surface area contributed by atoms with Gasteiger partial charge in [-0.3, -0.25) is 0 Å². The van der Waals surface area contributed by atoms with Crippen LogP contribution in [0.25, 0.3) is 0 Å². The SMILES string of the molecule is CCNC(c1ccc(Cl)o1)c1cc(CC)ccc1CC. The fourth-order valence-corrected chi connectivity index (χ4v) is 2.66. The van der Waals surface area contributed by atoms with E-state index in [1.807, 2.05) is 6.07 Å². The number of nitrogens with one attached hydrogen (secondary N) is 1. The lowest BCUT2D eigenvalue weighted by Crippen LogP contribution is -2.23. The Hall–Kier alpha value is -1.25. The first-order chi connectivity index (χ1) is 9.69. The Kier molecular flexibility index (Phi) is 5.27. The van der Waals surface area contributed by atoms with Gasteiger partial charge in [0.2, 0.25) is 0 Å². The highest BCUT2D eigenvalue weighted by Crippen LogP contribution is 2.29. The topological polar surface area (TPSA) is 25.2 Å². The average molecular weight is 292 g/mol. The minimum absolute atomic E-state index is 0.0638. The van der Waals surface area contributed by atoms with Gasteiger partial charge in [0, 0.05) is 0 Å². The van der Waals surface area contributed by atoms with Gasteiger partial charge in [0.05, 0.1) is 6.04 Å². The Morgan fingerprint density at radius 2 is 1.90 bits per heavy atom. The maximum absolute atomic E-state index is 5.93. The van der Waals surface area contributed by atoms with Crippen molar-refractivity contribution in [2.75, 3.05) is 6.54 Å². The largest absolute Gasteiger partial charge is 0.448 e. The third-order valence-corrected chi connectivity index (χ3v) is 3.80. The van der Waals surface area contributed by atoms with Crippen molar-refractivity contribution in [3.63, 3.8) is 0 Å². The summed E-state index contributed by atoms with van der Waals surface area (Å²) in [6.45, 7) is 7.34. The van der Waals surface area contributed by atoms with Crippen molar-refractivity contribution in [3.05, 3.63) is 58.0 Å². The third-order valence-electron chi connectivity index (χ3n) is 3.60. The maximum atomic E-state index is 5.93. The molecule has 1 N–H and O–H groups in total. The normalized spacial score (nSPS) is 12.6. The molecule has 1 heterocycles. The Morgan fingerprint density at radius 3 is 2.45 bits per heavy atom. The fourth-order valence-electron chi connectivity index (χ4n) is 2.51. The van der Waals surface area contributed by atoms with E-state index in [-0.39, 0.29) is 6.04 Å². The lowest BCUT2D eigenvalue weighted by atomic mass is 9.94. The van der Waals surface area contributed by atoms with Crippen LogP contribution in [0.5, 0.6) is 0 Å². The van der Waals surface area contributed by atoms with Gasteiger partial charge in [-0.2, -0.15) is 0 Å². The molecule has 1 aromatic heterocycles. The van der Waals surface area contributed by atoms with Crippen molar-refractivity contribution < 1.29 is 4.42 Å². The van der Waals surface area contributed by atoms with Crippen LogP contribution in [0.1, 0.15) is 49.3 Å². The summed E-state index contributed by atoms with van der Waals surface area (Å²) >= 11 is 5.93. The molecule has 0 amide bonds. The minimum Gasteiger partial charge on any atom is -0.448 e. The first-order valence-electron chi connectivity index (χ1n) is 7.29. The van der Waals surface area contributed by atoms with Crippen molar-refractivity contribution in [2.24, 2.45) is 0 Å². The van der Waals surface area contributed by atoms with Crippen LogP contribution in [0.3, 0.4) is 0 Å². The zero-order valence-electron chi connectivity index (χ0n) is 12.4. The molecule has 1 unspecified atom stereocenters. The van der Waals surface area contributed by atoms with Crippen LogP contribution in [-0.2, 0) is 12.8 Å².